The molecule has 4 heteroatoms. The number of hydrogen-bond donors (Lipinski definition) is 1. The van der Waals surface area contributed by atoms with Gasteiger partial charge in [0.15, 0.2) is 0 Å². The number of carbonyl (C=O) groups is 2. The molecule has 4 nitrogen and oxygen atoms in total. The summed E-state index contributed by atoms with van der Waals surface area (Å²) < 4.78 is 0. The summed E-state index contributed by atoms with van der Waals surface area (Å²) in [7, 11) is 1.48. The van der Waals surface area contributed by atoms with Crippen LogP contribution >= 0.6 is 0 Å². The number of carbonyl (C=O) groups excluding carboxylic acids is 1. The van der Waals surface area contributed by atoms with Crippen LogP contribution < -0.4 is 0 Å². The molecule has 0 aromatic heterocycles. The number of hydrogen-bond acceptors (Lipinski definition) is 2. The van der Waals surface area contributed by atoms with Crippen molar-refractivity contribution in [2.45, 2.75) is 32.6 Å². The fourth-order valence-electron chi connectivity index (χ4n) is 1.10. The number of unbranched alkanes of at least 4 members (excludes halogenated alkanes) is 3. The van der Waals surface area contributed by atoms with Gasteiger partial charge in [-0.3, -0.25) is 9.59 Å². The highest BCUT2D eigenvalue weighted by Gasteiger charge is 2.07. The van der Waals surface area contributed by atoms with Gasteiger partial charge in [-0.15, -0.1) is 0 Å². The fraction of sp³-hybridized carbons (Fsp3) is 0.636. The lowest BCUT2D eigenvalue weighted by molar-refractivity contribution is -0.141. The zero-order valence-electron chi connectivity index (χ0n) is 9.40. The van der Waals surface area contributed by atoms with E-state index in [1.165, 1.54) is 18.0 Å². The second-order valence-electron chi connectivity index (χ2n) is 3.49. The van der Waals surface area contributed by atoms with Gasteiger partial charge >= 0.3 is 5.97 Å². The van der Waals surface area contributed by atoms with Crippen LogP contribution in [0.15, 0.2) is 12.2 Å². The van der Waals surface area contributed by atoms with Gasteiger partial charge in [0.1, 0.15) is 6.54 Å². The molecule has 0 aliphatic carbocycles. The third kappa shape index (κ3) is 7.73. The van der Waals surface area contributed by atoms with Crippen molar-refractivity contribution in [2.75, 3.05) is 13.6 Å². The van der Waals surface area contributed by atoms with E-state index in [9.17, 15) is 9.59 Å². The van der Waals surface area contributed by atoms with Crippen LogP contribution in [0.25, 0.3) is 0 Å². The molecule has 1 amide bonds. The van der Waals surface area contributed by atoms with E-state index in [2.05, 4.69) is 6.92 Å². The predicted molar refractivity (Wildman–Crippen MR) is 58.6 cm³/mol. The standard InChI is InChI=1S/C11H19NO3/c1-3-4-5-6-7-8-10(13)12(2)9-11(14)15/h7-8H,3-6,9H2,1-2H3,(H,14,15)/b8-7+. The zero-order valence-corrected chi connectivity index (χ0v) is 9.40. The Bertz CT molecular complexity index is 236. The van der Waals surface area contributed by atoms with E-state index in [0.717, 1.165) is 25.7 Å². The molecular formula is C11H19NO3. The Hall–Kier alpha value is -1.32. The fourth-order valence-corrected chi connectivity index (χ4v) is 1.10. The molecule has 1 N–H and O–H groups in total. The van der Waals surface area contributed by atoms with Gasteiger partial charge in [0.2, 0.25) is 5.91 Å². The van der Waals surface area contributed by atoms with Crippen LogP contribution in [0, 0.1) is 0 Å². The number of rotatable bonds is 7. The van der Waals surface area contributed by atoms with Crippen LogP contribution in [0.1, 0.15) is 32.6 Å². The maximum Gasteiger partial charge on any atom is 0.323 e. The molecule has 86 valence electrons. The predicted octanol–water partition coefficient (Wildman–Crippen LogP) is 1.67. The van der Waals surface area contributed by atoms with Gasteiger partial charge in [-0.1, -0.05) is 25.8 Å². The summed E-state index contributed by atoms with van der Waals surface area (Å²) in [6, 6.07) is 0. The van der Waals surface area contributed by atoms with E-state index in [-0.39, 0.29) is 12.5 Å². The summed E-state index contributed by atoms with van der Waals surface area (Å²) in [6.45, 7) is 1.87. The van der Waals surface area contributed by atoms with Crippen LogP contribution in [-0.4, -0.2) is 35.5 Å². The van der Waals surface area contributed by atoms with Crippen molar-refractivity contribution in [1.29, 1.82) is 0 Å². The van der Waals surface area contributed by atoms with E-state index >= 15 is 0 Å². The number of aliphatic carboxylic acids is 1. The van der Waals surface area contributed by atoms with E-state index < -0.39 is 5.97 Å². The molecule has 0 aliphatic heterocycles. The first-order valence-electron chi connectivity index (χ1n) is 5.21. The topological polar surface area (TPSA) is 57.6 Å². The second-order valence-corrected chi connectivity index (χ2v) is 3.49. The quantitative estimate of drug-likeness (QED) is 0.517. The smallest absolute Gasteiger partial charge is 0.323 e. The largest absolute Gasteiger partial charge is 0.480 e. The normalized spacial score (nSPS) is 10.5. The van der Waals surface area contributed by atoms with E-state index in [1.807, 2.05) is 0 Å². The number of carboxylic acid groups (broad SMARTS) is 1. The molecule has 0 saturated carbocycles. The van der Waals surface area contributed by atoms with Gasteiger partial charge in [-0.2, -0.15) is 0 Å². The Labute approximate surface area is 90.6 Å². The SMILES string of the molecule is CCCCC/C=C/C(=O)N(C)CC(=O)O. The van der Waals surface area contributed by atoms with Gasteiger partial charge in [0.25, 0.3) is 0 Å². The van der Waals surface area contributed by atoms with Crippen molar-refractivity contribution >= 4 is 11.9 Å². The van der Waals surface area contributed by atoms with Crippen LogP contribution in [0.5, 0.6) is 0 Å². The third-order valence-corrected chi connectivity index (χ3v) is 1.98. The maximum absolute atomic E-state index is 11.3. The van der Waals surface area contributed by atoms with Gasteiger partial charge in [-0.05, 0) is 18.9 Å². The first-order chi connectivity index (χ1) is 7.07. The molecule has 0 bridgehead atoms. The molecular weight excluding hydrogens is 194 g/mol. The molecule has 0 rings (SSSR count). The van der Waals surface area contributed by atoms with Crippen molar-refractivity contribution in [3.8, 4) is 0 Å². The van der Waals surface area contributed by atoms with Crippen molar-refractivity contribution in [3.63, 3.8) is 0 Å². The number of carboxylic acids is 1. The lowest BCUT2D eigenvalue weighted by Crippen LogP contribution is -2.30. The monoisotopic (exact) mass is 213 g/mol. The van der Waals surface area contributed by atoms with E-state index in [4.69, 9.17) is 5.11 Å². The Morgan fingerprint density at radius 2 is 2.00 bits per heavy atom. The molecule has 0 heterocycles. The Kier molecular flexibility index (Phi) is 7.32. The highest BCUT2D eigenvalue weighted by atomic mass is 16.4. The molecule has 0 radical (unpaired) electrons. The number of amides is 1. The Morgan fingerprint density at radius 1 is 1.33 bits per heavy atom. The average molecular weight is 213 g/mol. The van der Waals surface area contributed by atoms with Crippen LogP contribution in [0.4, 0.5) is 0 Å². The van der Waals surface area contributed by atoms with Gasteiger partial charge in [-0.25, -0.2) is 0 Å². The molecule has 0 saturated heterocycles. The number of nitrogens with zero attached hydrogens (tertiary/aromatic N) is 1. The van der Waals surface area contributed by atoms with E-state index in [0.29, 0.717) is 0 Å². The zero-order chi connectivity index (χ0) is 11.7. The highest BCUT2D eigenvalue weighted by Crippen LogP contribution is 1.99. The highest BCUT2D eigenvalue weighted by molar-refractivity contribution is 5.89. The summed E-state index contributed by atoms with van der Waals surface area (Å²) >= 11 is 0. The molecule has 0 fully saturated rings. The second kappa shape index (κ2) is 8.03. The Morgan fingerprint density at radius 3 is 2.53 bits per heavy atom. The third-order valence-electron chi connectivity index (χ3n) is 1.98. The molecule has 0 unspecified atom stereocenters. The first-order valence-corrected chi connectivity index (χ1v) is 5.21. The average Bonchev–Trinajstić information content (AvgIpc) is 2.16. The van der Waals surface area contributed by atoms with Gasteiger partial charge in [0, 0.05) is 7.05 Å². The van der Waals surface area contributed by atoms with Crippen LogP contribution in [0.3, 0.4) is 0 Å². The molecule has 15 heavy (non-hydrogen) atoms. The lowest BCUT2D eigenvalue weighted by atomic mass is 10.2. The van der Waals surface area contributed by atoms with Gasteiger partial charge < -0.3 is 10.0 Å². The van der Waals surface area contributed by atoms with Crippen molar-refractivity contribution in [1.82, 2.24) is 4.90 Å². The minimum Gasteiger partial charge on any atom is -0.480 e. The summed E-state index contributed by atoms with van der Waals surface area (Å²) in [4.78, 5) is 22.8. The van der Waals surface area contributed by atoms with Gasteiger partial charge in [0.05, 0.1) is 0 Å². The van der Waals surface area contributed by atoms with E-state index in [1.54, 1.807) is 6.08 Å². The minimum atomic E-state index is -0.995. The molecule has 0 aromatic rings. The first kappa shape index (κ1) is 13.7. The molecule has 0 aromatic carbocycles. The summed E-state index contributed by atoms with van der Waals surface area (Å²) in [5.74, 6) is -1.25. The number of likely N-dealkylation sites (N-methyl/N-ethyl adjacent to an activating group) is 1. The lowest BCUT2D eigenvalue weighted by Gasteiger charge is -2.11. The molecule has 0 spiro atoms. The summed E-state index contributed by atoms with van der Waals surface area (Å²) in [5.41, 5.74) is 0. The summed E-state index contributed by atoms with van der Waals surface area (Å²) in [5, 5.41) is 8.46. The Balaban J connectivity index is 3.75. The summed E-state index contributed by atoms with van der Waals surface area (Å²) in [6.07, 6.45) is 7.50. The molecule has 0 aliphatic rings. The van der Waals surface area contributed by atoms with Crippen molar-refractivity contribution < 1.29 is 14.7 Å². The maximum atomic E-state index is 11.3. The molecule has 0 atom stereocenters. The van der Waals surface area contributed by atoms with Crippen LogP contribution in [-0.2, 0) is 9.59 Å². The van der Waals surface area contributed by atoms with Crippen LogP contribution in [0.2, 0.25) is 0 Å². The van der Waals surface area contributed by atoms with Crippen molar-refractivity contribution in [3.05, 3.63) is 12.2 Å². The minimum absolute atomic E-state index is 0.252. The number of allylic oxidation sites excluding steroid dienone is 1. The van der Waals surface area contributed by atoms with Crippen molar-refractivity contribution in [2.24, 2.45) is 0 Å².